The molecule has 3 fully saturated rings. The van der Waals surface area contributed by atoms with Crippen molar-refractivity contribution in [2.45, 2.75) is 176 Å². The summed E-state index contributed by atoms with van der Waals surface area (Å²) in [7, 11) is 1.63. The zero-order valence-corrected chi connectivity index (χ0v) is 50.0. The van der Waals surface area contributed by atoms with Gasteiger partial charge in [-0.1, -0.05) is 97.4 Å². The molecule has 8 N–H and O–H groups in total. The van der Waals surface area contributed by atoms with Crippen LogP contribution in [0.3, 0.4) is 0 Å². The van der Waals surface area contributed by atoms with Gasteiger partial charge in [0, 0.05) is 44.0 Å². The summed E-state index contributed by atoms with van der Waals surface area (Å²) >= 11 is 0. The molecule has 0 radical (unpaired) electrons. The molecule has 1 aromatic carbocycles. The third kappa shape index (κ3) is 20.7. The fourth-order valence-corrected chi connectivity index (χ4v) is 11.0. The van der Waals surface area contributed by atoms with Gasteiger partial charge in [0.15, 0.2) is 0 Å². The molecular formula is C59H97N7O14. The Morgan fingerprint density at radius 2 is 1.43 bits per heavy atom. The lowest BCUT2D eigenvalue weighted by Gasteiger charge is -2.42. The quantitative estimate of drug-likeness (QED) is 0.0271. The van der Waals surface area contributed by atoms with E-state index in [1.54, 1.807) is 45.2 Å². The zero-order chi connectivity index (χ0) is 59.4. The van der Waals surface area contributed by atoms with Crippen LogP contribution in [-0.4, -0.2) is 167 Å². The Labute approximate surface area is 475 Å². The molecule has 4 rings (SSSR count). The summed E-state index contributed by atoms with van der Waals surface area (Å²) in [6.07, 6.45) is 3.21. The van der Waals surface area contributed by atoms with Crippen LogP contribution in [0.5, 0.6) is 0 Å². The minimum atomic E-state index is -1.14. The number of allylic oxidation sites excluding steroid dienone is 1. The van der Waals surface area contributed by atoms with Crippen molar-refractivity contribution < 1.29 is 67.1 Å². The monoisotopic (exact) mass is 1130 g/mol. The van der Waals surface area contributed by atoms with E-state index in [9.17, 15) is 38.7 Å². The fourth-order valence-electron chi connectivity index (χ4n) is 11.0. The van der Waals surface area contributed by atoms with Crippen LogP contribution in [0.4, 0.5) is 4.79 Å². The van der Waals surface area contributed by atoms with Crippen LogP contribution in [0.25, 0.3) is 0 Å². The number of rotatable bonds is 35. The maximum absolute atomic E-state index is 14.0. The average Bonchev–Trinajstić information content (AvgIpc) is 3.94. The van der Waals surface area contributed by atoms with Gasteiger partial charge in [0.2, 0.25) is 35.4 Å². The lowest BCUT2D eigenvalue weighted by atomic mass is 9.64. The highest BCUT2D eigenvalue weighted by Crippen LogP contribution is 2.59. The molecule has 1 saturated carbocycles. The normalized spacial score (nSPS) is 23.8. The molecule has 7 amide bonds. The van der Waals surface area contributed by atoms with Gasteiger partial charge in [0.05, 0.1) is 64.2 Å². The Bertz CT molecular complexity index is 2220. The summed E-state index contributed by atoms with van der Waals surface area (Å²) in [6.45, 7) is 24.1. The lowest BCUT2D eigenvalue weighted by Crippen LogP contribution is -2.56. The molecule has 0 aromatic heterocycles. The number of hydrogen-bond donors (Lipinski definition) is 8. The molecule has 1 spiro atoms. The fraction of sp³-hybridized carbons (Fsp3) is 0.746. The van der Waals surface area contributed by atoms with Crippen LogP contribution < -0.4 is 37.2 Å². The molecule has 3 aliphatic rings. The molecule has 21 nitrogen and oxygen atoms in total. The molecule has 6 unspecified atom stereocenters. The van der Waals surface area contributed by atoms with Gasteiger partial charge in [-0.2, -0.15) is 0 Å². The van der Waals surface area contributed by atoms with Gasteiger partial charge in [0.1, 0.15) is 35.5 Å². The van der Waals surface area contributed by atoms with Crippen LogP contribution in [-0.2, 0) is 63.6 Å². The van der Waals surface area contributed by atoms with Gasteiger partial charge in [-0.15, -0.1) is 0 Å². The predicted molar refractivity (Wildman–Crippen MR) is 302 cm³/mol. The summed E-state index contributed by atoms with van der Waals surface area (Å²) in [6, 6.07) is 6.85. The second-order valence-corrected chi connectivity index (χ2v) is 24.2. The molecule has 21 heteroatoms. The van der Waals surface area contributed by atoms with Gasteiger partial charge in [-0.05, 0) is 89.5 Å². The molecule has 1 aliphatic carbocycles. The van der Waals surface area contributed by atoms with E-state index >= 15 is 0 Å². The van der Waals surface area contributed by atoms with Gasteiger partial charge >= 0.3 is 6.09 Å². The third-order valence-corrected chi connectivity index (χ3v) is 15.6. The first-order valence-corrected chi connectivity index (χ1v) is 28.7. The zero-order valence-electron chi connectivity index (χ0n) is 50.0. The first kappa shape index (κ1) is 67.3. The average molecular weight is 1130 g/mol. The van der Waals surface area contributed by atoms with Crippen LogP contribution in [0.2, 0.25) is 0 Å². The Morgan fingerprint density at radius 1 is 0.787 bits per heavy atom. The Kier molecular flexibility index (Phi) is 26.3. The van der Waals surface area contributed by atoms with E-state index < -0.39 is 82.9 Å². The van der Waals surface area contributed by atoms with Crippen molar-refractivity contribution in [2.75, 3.05) is 72.9 Å². The number of aliphatic hydroxyl groups excluding tert-OH is 1. The maximum Gasteiger partial charge on any atom is 0.407 e. The van der Waals surface area contributed by atoms with Crippen molar-refractivity contribution in [3.63, 3.8) is 0 Å². The van der Waals surface area contributed by atoms with Gasteiger partial charge in [0.25, 0.3) is 0 Å². The lowest BCUT2D eigenvalue weighted by molar-refractivity contribution is -0.142. The molecule has 0 bridgehead atoms. The minimum Gasteiger partial charge on any atom is -0.443 e. The van der Waals surface area contributed by atoms with Crippen LogP contribution in [0.1, 0.15) is 127 Å². The van der Waals surface area contributed by atoms with Gasteiger partial charge < -0.3 is 70.7 Å². The van der Waals surface area contributed by atoms with Crippen molar-refractivity contribution in [3.8, 4) is 0 Å². The van der Waals surface area contributed by atoms with Crippen molar-refractivity contribution in [1.29, 1.82) is 0 Å². The highest BCUT2D eigenvalue weighted by atomic mass is 16.6. The second-order valence-electron chi connectivity index (χ2n) is 24.2. The van der Waals surface area contributed by atoms with E-state index in [0.717, 1.165) is 18.4 Å². The summed E-state index contributed by atoms with van der Waals surface area (Å²) in [5.41, 5.74) is -0.834. The topological polar surface area (TPSA) is 286 Å². The van der Waals surface area contributed by atoms with Crippen LogP contribution >= 0.6 is 0 Å². The number of aliphatic hydroxyl groups is 1. The Balaban J connectivity index is 1.18. The van der Waals surface area contributed by atoms with Gasteiger partial charge in [-0.25, -0.2) is 4.79 Å². The number of benzene rings is 1. The number of methoxy groups -OCH3 is 1. The van der Waals surface area contributed by atoms with Crippen LogP contribution in [0.15, 0.2) is 42.0 Å². The number of hydrogen-bond acceptors (Lipinski definition) is 14. The van der Waals surface area contributed by atoms with Crippen molar-refractivity contribution in [3.05, 3.63) is 47.5 Å². The number of carbonyl (C=O) groups excluding carboxylic acids is 7. The molecule has 2 saturated heterocycles. The number of epoxide rings is 2. The maximum atomic E-state index is 14.0. The van der Waals surface area contributed by atoms with Gasteiger partial charge in [-0.3, -0.25) is 28.8 Å². The van der Waals surface area contributed by atoms with E-state index in [2.05, 4.69) is 64.1 Å². The number of nitrogens with one attached hydrogen (secondary N) is 7. The first-order valence-electron chi connectivity index (χ1n) is 28.7. The SMILES string of the molecule is COC1C(OC(=O)NCCOCCOCCNC(=O)CNC(=O)[C@H](CC(C)C)NC(=O)[C@H](Cc2ccccc2)NC(=O)CNC(=O)C(C)(CC(C)(CC(C)C)C(=O)NCC(C)O)C(C)C)CC[C@]2(CO2)C1[C@]1(C)O[C@@H]1CC=C(C)C. The highest BCUT2D eigenvalue weighted by molar-refractivity contribution is 5.95. The van der Waals surface area contributed by atoms with Crippen molar-refractivity contribution in [1.82, 2.24) is 37.2 Å². The largest absolute Gasteiger partial charge is 0.443 e. The minimum absolute atomic E-state index is 0.0405. The van der Waals surface area contributed by atoms with E-state index in [-0.39, 0.29) is 119 Å². The van der Waals surface area contributed by atoms with E-state index in [1.165, 1.54) is 5.57 Å². The van der Waals surface area contributed by atoms with E-state index in [4.69, 9.17) is 28.4 Å². The first-order chi connectivity index (χ1) is 37.7. The number of ether oxygens (including phenoxy) is 6. The summed E-state index contributed by atoms with van der Waals surface area (Å²) in [5.74, 6) is -3.26. The molecule has 452 valence electrons. The summed E-state index contributed by atoms with van der Waals surface area (Å²) in [5, 5.41) is 29.0. The molecule has 1 aromatic rings. The molecule has 2 heterocycles. The van der Waals surface area contributed by atoms with Crippen LogP contribution in [0, 0.1) is 34.5 Å². The number of alkyl carbamates (subject to hydrolysis) is 1. The molecule has 11 atom stereocenters. The standard InChI is InChI=1S/C59H97N7O14/c1-37(2)19-20-46-58(12,80-46)50-49(75-13)45(21-22-59(50)36-78-59)79-55(74)61-24-26-77-28-27-76-25-23-60-47(68)33-62-51(70)43(29-38(3)4)66-52(71)44(30-42-17-15-14-16-18-42)65-48(69)34-64-54(73)57(11,40(7)8)35-56(10,31-39(5)6)53(72)63-32-41(9)67/h14-19,38-41,43-46,49-50,67H,20-36H2,1-13H3,(H,60,68)(H,61,74)(H,62,70)(H,63,72)(H,64,73)(H,65,69)(H,66,71)/t41?,43-,44-,45?,46+,49?,50?,56?,57?,58+,59-/m0/s1. The Hall–Kier alpha value is -5.19. The van der Waals surface area contributed by atoms with E-state index in [0.29, 0.717) is 19.4 Å². The van der Waals surface area contributed by atoms with Crippen molar-refractivity contribution >= 4 is 41.5 Å². The van der Waals surface area contributed by atoms with Crippen molar-refractivity contribution in [2.24, 2.45) is 34.5 Å². The second kappa shape index (κ2) is 31.3. The predicted octanol–water partition coefficient (Wildman–Crippen LogP) is 4.03. The molecule has 80 heavy (non-hydrogen) atoms. The summed E-state index contributed by atoms with van der Waals surface area (Å²) in [4.78, 5) is 94.4. The summed E-state index contributed by atoms with van der Waals surface area (Å²) < 4.78 is 35.3. The third-order valence-electron chi connectivity index (χ3n) is 15.6. The number of amides is 7. The number of carbonyl (C=O) groups is 7. The smallest absolute Gasteiger partial charge is 0.407 e. The highest BCUT2D eigenvalue weighted by Gasteiger charge is 2.72. The van der Waals surface area contributed by atoms with E-state index in [1.807, 2.05) is 54.5 Å². The molecular weight excluding hydrogens is 1030 g/mol. The molecule has 2 aliphatic heterocycles. The Morgan fingerprint density at radius 3 is 2.00 bits per heavy atom.